The van der Waals surface area contributed by atoms with Crippen molar-refractivity contribution < 1.29 is 4.79 Å². The molecule has 1 aliphatic rings. The van der Waals surface area contributed by atoms with Gasteiger partial charge in [-0.3, -0.25) is 4.79 Å². The molecule has 0 spiro atoms. The van der Waals surface area contributed by atoms with Gasteiger partial charge in [0.15, 0.2) is 0 Å². The van der Waals surface area contributed by atoms with Crippen molar-refractivity contribution in [1.29, 1.82) is 0 Å². The van der Waals surface area contributed by atoms with E-state index in [1.54, 1.807) is 0 Å². The summed E-state index contributed by atoms with van der Waals surface area (Å²) in [6, 6.07) is 8.62. The quantitative estimate of drug-likeness (QED) is 0.709. The molecule has 0 atom stereocenters. The molecule has 0 aliphatic carbocycles. The average molecular weight is 338 g/mol. The number of benzene rings is 1. The largest absolute Gasteiger partial charge is 0.337 e. The second kappa shape index (κ2) is 9.16. The first-order valence-corrected chi connectivity index (χ1v) is 9.22. The molecular weight excluding hydrogens is 312 g/mol. The van der Waals surface area contributed by atoms with Gasteiger partial charge in [0.2, 0.25) is 5.91 Å². The summed E-state index contributed by atoms with van der Waals surface area (Å²) in [4.78, 5) is 15.2. The Morgan fingerprint density at radius 1 is 1.00 bits per heavy atom. The lowest BCUT2D eigenvalue weighted by molar-refractivity contribution is -0.121. The zero-order valence-corrected chi connectivity index (χ0v) is 14.7. The minimum Gasteiger partial charge on any atom is -0.337 e. The topological polar surface area (TPSA) is 59.3 Å². The van der Waals surface area contributed by atoms with Crippen LogP contribution in [0.25, 0.3) is 0 Å². The molecule has 1 aromatic carbocycles. The van der Waals surface area contributed by atoms with Gasteiger partial charge in [0, 0.05) is 31.8 Å². The molecule has 0 unspecified atom stereocenters. The van der Waals surface area contributed by atoms with E-state index in [0.717, 1.165) is 30.7 Å². The van der Waals surface area contributed by atoms with Crippen LogP contribution in [0.15, 0.2) is 48.1 Å². The Morgan fingerprint density at radius 3 is 2.52 bits per heavy atom. The van der Waals surface area contributed by atoms with E-state index in [1.165, 1.54) is 37.7 Å². The molecule has 1 amide bonds. The molecule has 2 heterocycles. The molecule has 25 heavy (non-hydrogen) atoms. The number of hydrogen-bond donors (Lipinski definition) is 1. The van der Waals surface area contributed by atoms with Gasteiger partial charge in [-0.15, -0.1) is 0 Å². The van der Waals surface area contributed by atoms with Crippen LogP contribution in [0.2, 0.25) is 0 Å². The second-order valence-electron chi connectivity index (χ2n) is 6.61. The molecule has 0 saturated carbocycles. The summed E-state index contributed by atoms with van der Waals surface area (Å²) in [5.74, 6) is 0.00500. The molecule has 0 radical (unpaired) electrons. The number of hydrazone groups is 1. The number of aromatic nitrogens is 2. The number of rotatable bonds is 9. The maximum atomic E-state index is 11.1. The minimum atomic E-state index is 0.00500. The average Bonchev–Trinajstić information content (AvgIpc) is 3.16. The normalized spacial score (nSPS) is 14.2. The molecule has 5 heteroatoms. The Kier molecular flexibility index (Phi) is 6.37. The van der Waals surface area contributed by atoms with Crippen LogP contribution in [0, 0.1) is 0 Å². The van der Waals surface area contributed by atoms with Crippen molar-refractivity contribution in [1.82, 2.24) is 15.0 Å². The second-order valence-corrected chi connectivity index (χ2v) is 6.61. The summed E-state index contributed by atoms with van der Waals surface area (Å²) in [5, 5.41) is 4.14. The van der Waals surface area contributed by atoms with Crippen molar-refractivity contribution in [2.24, 2.45) is 5.10 Å². The van der Waals surface area contributed by atoms with E-state index in [0.29, 0.717) is 6.42 Å². The van der Waals surface area contributed by atoms with Crippen molar-refractivity contribution in [2.75, 3.05) is 0 Å². The van der Waals surface area contributed by atoms with Crippen LogP contribution in [0.5, 0.6) is 0 Å². The van der Waals surface area contributed by atoms with E-state index in [1.807, 2.05) is 18.7 Å². The van der Waals surface area contributed by atoms with Crippen LogP contribution in [0.4, 0.5) is 0 Å². The van der Waals surface area contributed by atoms with E-state index >= 15 is 0 Å². The van der Waals surface area contributed by atoms with Gasteiger partial charge in [-0.2, -0.15) is 5.10 Å². The zero-order valence-electron chi connectivity index (χ0n) is 14.7. The lowest BCUT2D eigenvalue weighted by Gasteiger charge is -2.12. The predicted octanol–water partition coefficient (Wildman–Crippen LogP) is 3.69. The van der Waals surface area contributed by atoms with Crippen molar-refractivity contribution in [3.05, 3.63) is 54.1 Å². The molecule has 0 fully saturated rings. The standard InChI is InChI=1S/C20H26N4O/c25-20-12-11-19(22-23-20)18-9-7-17(8-10-18)6-4-2-1-3-5-14-24-15-13-21-16-24/h7-10,13,15-16H,1-6,11-12,14H2,(H,23,25). The summed E-state index contributed by atoms with van der Waals surface area (Å²) in [7, 11) is 0. The lowest BCUT2D eigenvalue weighted by Crippen LogP contribution is -2.25. The van der Waals surface area contributed by atoms with Crippen LogP contribution in [-0.4, -0.2) is 21.2 Å². The zero-order chi connectivity index (χ0) is 17.3. The monoisotopic (exact) mass is 338 g/mol. The molecule has 132 valence electrons. The molecule has 2 aromatic rings. The third-order valence-electron chi connectivity index (χ3n) is 4.63. The van der Waals surface area contributed by atoms with Crippen molar-refractivity contribution in [3.8, 4) is 0 Å². The number of unbranched alkanes of at least 4 members (excludes halogenated alkanes) is 4. The van der Waals surface area contributed by atoms with Crippen molar-refractivity contribution >= 4 is 11.6 Å². The molecule has 1 aliphatic heterocycles. The maximum absolute atomic E-state index is 11.1. The van der Waals surface area contributed by atoms with Gasteiger partial charge in [0.05, 0.1) is 12.0 Å². The number of imidazole rings is 1. The molecular formula is C20H26N4O. The smallest absolute Gasteiger partial charge is 0.240 e. The van der Waals surface area contributed by atoms with E-state index in [2.05, 4.69) is 44.3 Å². The number of nitrogens with zero attached hydrogens (tertiary/aromatic N) is 3. The third kappa shape index (κ3) is 5.55. The van der Waals surface area contributed by atoms with Crippen LogP contribution in [0.3, 0.4) is 0 Å². The van der Waals surface area contributed by atoms with Crippen LogP contribution < -0.4 is 5.43 Å². The first kappa shape index (κ1) is 17.4. The molecule has 0 bridgehead atoms. The van der Waals surface area contributed by atoms with E-state index in [-0.39, 0.29) is 5.91 Å². The lowest BCUT2D eigenvalue weighted by atomic mass is 10.0. The van der Waals surface area contributed by atoms with E-state index < -0.39 is 0 Å². The molecule has 1 aromatic heterocycles. The van der Waals surface area contributed by atoms with Gasteiger partial charge in [-0.25, -0.2) is 10.4 Å². The number of hydrogen-bond acceptors (Lipinski definition) is 3. The fourth-order valence-electron chi connectivity index (χ4n) is 3.12. The van der Waals surface area contributed by atoms with Gasteiger partial charge in [-0.05, 0) is 30.4 Å². The van der Waals surface area contributed by atoms with Gasteiger partial charge in [0.1, 0.15) is 0 Å². The Balaban J connectivity index is 1.31. The van der Waals surface area contributed by atoms with Crippen LogP contribution in [0.1, 0.15) is 56.1 Å². The van der Waals surface area contributed by atoms with Crippen LogP contribution >= 0.6 is 0 Å². The van der Waals surface area contributed by atoms with Gasteiger partial charge in [-0.1, -0.05) is 43.5 Å². The Bertz CT molecular complexity index is 689. The summed E-state index contributed by atoms with van der Waals surface area (Å²) < 4.78 is 2.14. The van der Waals surface area contributed by atoms with Crippen molar-refractivity contribution in [2.45, 2.75) is 57.9 Å². The Labute approximate surface area is 149 Å². The number of nitrogens with one attached hydrogen (secondary N) is 1. The fourth-order valence-corrected chi connectivity index (χ4v) is 3.12. The number of amides is 1. The van der Waals surface area contributed by atoms with Gasteiger partial charge >= 0.3 is 0 Å². The van der Waals surface area contributed by atoms with Gasteiger partial charge in [0.25, 0.3) is 0 Å². The summed E-state index contributed by atoms with van der Waals surface area (Å²) in [6.45, 7) is 1.08. The van der Waals surface area contributed by atoms with Crippen LogP contribution in [-0.2, 0) is 17.8 Å². The number of carbonyl (C=O) groups is 1. The summed E-state index contributed by atoms with van der Waals surface area (Å²) in [5.41, 5.74) is 6.02. The SMILES string of the molecule is O=C1CCC(c2ccc(CCCCCCCn3ccnc3)cc2)=NN1. The van der Waals surface area contributed by atoms with Crippen molar-refractivity contribution in [3.63, 3.8) is 0 Å². The summed E-state index contributed by atoms with van der Waals surface area (Å²) in [6.07, 6.45) is 14.5. The highest BCUT2D eigenvalue weighted by molar-refractivity contribution is 6.04. The highest BCUT2D eigenvalue weighted by Crippen LogP contribution is 2.14. The predicted molar refractivity (Wildman–Crippen MR) is 99.4 cm³/mol. The first-order valence-electron chi connectivity index (χ1n) is 9.22. The van der Waals surface area contributed by atoms with Gasteiger partial charge < -0.3 is 4.57 Å². The highest BCUT2D eigenvalue weighted by atomic mass is 16.2. The molecule has 3 rings (SSSR count). The first-order chi connectivity index (χ1) is 12.3. The number of aryl methyl sites for hydroxylation is 2. The molecule has 1 N–H and O–H groups in total. The molecule has 5 nitrogen and oxygen atoms in total. The Morgan fingerprint density at radius 2 is 1.80 bits per heavy atom. The highest BCUT2D eigenvalue weighted by Gasteiger charge is 2.12. The third-order valence-corrected chi connectivity index (χ3v) is 4.63. The molecule has 0 saturated heterocycles. The summed E-state index contributed by atoms with van der Waals surface area (Å²) >= 11 is 0. The van der Waals surface area contributed by atoms with E-state index in [9.17, 15) is 4.79 Å². The minimum absolute atomic E-state index is 0.00500. The number of carbonyl (C=O) groups excluding carboxylic acids is 1. The maximum Gasteiger partial charge on any atom is 0.240 e. The fraction of sp³-hybridized carbons (Fsp3) is 0.450. The Hall–Kier alpha value is -2.43. The van der Waals surface area contributed by atoms with E-state index in [4.69, 9.17) is 0 Å².